The molecule has 8 heteroatoms. The first kappa shape index (κ1) is 21.5. The summed E-state index contributed by atoms with van der Waals surface area (Å²) >= 11 is 0. The number of ether oxygens (including phenoxy) is 1. The van der Waals surface area contributed by atoms with Crippen molar-refractivity contribution in [2.75, 3.05) is 30.4 Å². The minimum atomic E-state index is -0.557. The van der Waals surface area contributed by atoms with Crippen LogP contribution in [0.15, 0.2) is 30.5 Å². The van der Waals surface area contributed by atoms with Crippen LogP contribution in [0.25, 0.3) is 11.3 Å². The van der Waals surface area contributed by atoms with Gasteiger partial charge in [0, 0.05) is 43.6 Å². The third-order valence-electron chi connectivity index (χ3n) is 6.31. The standard InChI is InChI=1S/C23H29FN6O/c24-19-5-6-20(30-22(19)28-15-23(14-25)8-11-31-12-9-23)16-7-10-27-21(13-16)29-18-3-1-17(26)2-4-18/h5-7,10,13,17-18H,1-4,8-9,11-12,15,26H2,(H,27,29)(H,28,30)/t17-,18-. The van der Waals surface area contributed by atoms with Gasteiger partial charge < -0.3 is 21.1 Å². The van der Waals surface area contributed by atoms with Gasteiger partial charge >= 0.3 is 0 Å². The van der Waals surface area contributed by atoms with Crippen molar-refractivity contribution in [3.8, 4) is 17.3 Å². The molecule has 4 rings (SSSR count). The van der Waals surface area contributed by atoms with Gasteiger partial charge in [0.25, 0.3) is 0 Å². The lowest BCUT2D eigenvalue weighted by molar-refractivity contribution is 0.0455. The van der Waals surface area contributed by atoms with Crippen LogP contribution in [0.3, 0.4) is 0 Å². The first-order valence-electron chi connectivity index (χ1n) is 10.9. The number of halogens is 1. The first-order valence-corrected chi connectivity index (χ1v) is 10.9. The van der Waals surface area contributed by atoms with E-state index in [-0.39, 0.29) is 5.82 Å². The molecule has 0 radical (unpaired) electrons. The summed E-state index contributed by atoms with van der Waals surface area (Å²) in [4.78, 5) is 8.92. The van der Waals surface area contributed by atoms with Crippen LogP contribution >= 0.6 is 0 Å². The van der Waals surface area contributed by atoms with Gasteiger partial charge in [-0.15, -0.1) is 0 Å². The summed E-state index contributed by atoms with van der Waals surface area (Å²) in [5, 5.41) is 16.2. The maximum atomic E-state index is 14.4. The maximum absolute atomic E-state index is 14.4. The van der Waals surface area contributed by atoms with Crippen molar-refractivity contribution in [3.63, 3.8) is 0 Å². The number of aromatic nitrogens is 2. The zero-order valence-corrected chi connectivity index (χ0v) is 17.6. The predicted octanol–water partition coefficient (Wildman–Crippen LogP) is 3.70. The molecule has 1 aliphatic heterocycles. The zero-order valence-electron chi connectivity index (χ0n) is 17.6. The Morgan fingerprint density at radius 3 is 2.71 bits per heavy atom. The number of nitriles is 1. The third kappa shape index (κ3) is 5.30. The quantitative estimate of drug-likeness (QED) is 0.649. The topological polar surface area (TPSA) is 109 Å². The van der Waals surface area contributed by atoms with Crippen molar-refractivity contribution in [1.82, 2.24) is 9.97 Å². The molecule has 4 N–H and O–H groups in total. The lowest BCUT2D eigenvalue weighted by Crippen LogP contribution is -2.35. The zero-order chi connectivity index (χ0) is 21.7. The van der Waals surface area contributed by atoms with Crippen molar-refractivity contribution < 1.29 is 9.13 Å². The normalized spacial score (nSPS) is 23.0. The summed E-state index contributed by atoms with van der Waals surface area (Å²) in [6, 6.07) is 9.92. The molecule has 2 fully saturated rings. The van der Waals surface area contributed by atoms with Crippen molar-refractivity contribution in [2.45, 2.75) is 50.6 Å². The summed E-state index contributed by atoms with van der Waals surface area (Å²) in [5.74, 6) is 0.505. The molecule has 0 unspecified atom stereocenters. The lowest BCUT2D eigenvalue weighted by atomic mass is 9.82. The molecular weight excluding hydrogens is 395 g/mol. The van der Waals surface area contributed by atoms with Gasteiger partial charge in [-0.1, -0.05) is 0 Å². The van der Waals surface area contributed by atoms with Crippen LogP contribution in [0, 0.1) is 22.6 Å². The number of hydrogen-bond donors (Lipinski definition) is 3. The SMILES string of the molecule is N#CC1(CNc2nc(-c3ccnc(N[C@H]4CC[C@H](N)CC4)c3)ccc2F)CCOCC1. The molecule has 2 aliphatic rings. The van der Waals surface area contributed by atoms with Crippen LogP contribution < -0.4 is 16.4 Å². The number of nitrogens with one attached hydrogen (secondary N) is 2. The second-order valence-electron chi connectivity index (χ2n) is 8.57. The van der Waals surface area contributed by atoms with E-state index in [0.29, 0.717) is 50.4 Å². The average molecular weight is 425 g/mol. The molecule has 1 saturated carbocycles. The molecule has 3 heterocycles. The largest absolute Gasteiger partial charge is 0.381 e. The van der Waals surface area contributed by atoms with E-state index in [0.717, 1.165) is 37.1 Å². The minimum Gasteiger partial charge on any atom is -0.381 e. The molecule has 7 nitrogen and oxygen atoms in total. The summed E-state index contributed by atoms with van der Waals surface area (Å²) < 4.78 is 19.8. The highest BCUT2D eigenvalue weighted by atomic mass is 19.1. The Hall–Kier alpha value is -2.76. The van der Waals surface area contributed by atoms with Crippen LogP contribution in [0.4, 0.5) is 16.0 Å². The summed E-state index contributed by atoms with van der Waals surface area (Å²) in [6.45, 7) is 1.43. The smallest absolute Gasteiger partial charge is 0.165 e. The van der Waals surface area contributed by atoms with Crippen molar-refractivity contribution >= 4 is 11.6 Å². The van der Waals surface area contributed by atoms with Gasteiger partial charge in [0.05, 0.1) is 17.2 Å². The van der Waals surface area contributed by atoms with Gasteiger partial charge in [0.1, 0.15) is 5.82 Å². The molecule has 0 spiro atoms. The Balaban J connectivity index is 1.47. The van der Waals surface area contributed by atoms with Crippen LogP contribution in [0.1, 0.15) is 38.5 Å². The molecule has 1 saturated heterocycles. The fraction of sp³-hybridized carbons (Fsp3) is 0.522. The van der Waals surface area contributed by atoms with Crippen molar-refractivity contribution in [2.24, 2.45) is 11.1 Å². The third-order valence-corrected chi connectivity index (χ3v) is 6.31. The second kappa shape index (κ2) is 9.58. The molecule has 0 bridgehead atoms. The molecular formula is C23H29FN6O. The molecule has 0 amide bonds. The van der Waals surface area contributed by atoms with Crippen molar-refractivity contribution in [1.29, 1.82) is 5.26 Å². The van der Waals surface area contributed by atoms with E-state index in [1.807, 2.05) is 12.1 Å². The van der Waals surface area contributed by atoms with Gasteiger partial charge in [-0.25, -0.2) is 14.4 Å². The van der Waals surface area contributed by atoms with E-state index in [2.05, 4.69) is 26.7 Å². The minimum absolute atomic E-state index is 0.159. The van der Waals surface area contributed by atoms with E-state index in [1.54, 1.807) is 12.3 Å². The molecule has 0 atom stereocenters. The van der Waals surface area contributed by atoms with E-state index < -0.39 is 11.2 Å². The molecule has 31 heavy (non-hydrogen) atoms. The fourth-order valence-electron chi connectivity index (χ4n) is 4.21. The molecule has 1 aliphatic carbocycles. The lowest BCUT2D eigenvalue weighted by Gasteiger charge is -2.30. The molecule has 2 aromatic heterocycles. The van der Waals surface area contributed by atoms with Gasteiger partial charge in [0.2, 0.25) is 0 Å². The molecule has 164 valence electrons. The maximum Gasteiger partial charge on any atom is 0.165 e. The Kier molecular flexibility index (Phi) is 6.64. The number of nitrogens with zero attached hydrogens (tertiary/aromatic N) is 3. The average Bonchev–Trinajstić information content (AvgIpc) is 2.81. The molecule has 0 aromatic carbocycles. The Labute approximate surface area is 182 Å². The van der Waals surface area contributed by atoms with Gasteiger partial charge in [-0.05, 0) is 62.8 Å². The van der Waals surface area contributed by atoms with Gasteiger partial charge in [-0.2, -0.15) is 5.26 Å². The van der Waals surface area contributed by atoms with E-state index in [9.17, 15) is 9.65 Å². The Morgan fingerprint density at radius 1 is 1.19 bits per heavy atom. The highest BCUT2D eigenvalue weighted by Crippen LogP contribution is 2.31. The fourth-order valence-corrected chi connectivity index (χ4v) is 4.21. The Bertz CT molecular complexity index is 932. The van der Waals surface area contributed by atoms with Gasteiger partial charge in [0.15, 0.2) is 11.6 Å². The van der Waals surface area contributed by atoms with Crippen LogP contribution in [-0.2, 0) is 4.74 Å². The first-order chi connectivity index (χ1) is 15.1. The van der Waals surface area contributed by atoms with Crippen LogP contribution in [-0.4, -0.2) is 41.8 Å². The van der Waals surface area contributed by atoms with Crippen molar-refractivity contribution in [3.05, 3.63) is 36.3 Å². The number of nitrogens with two attached hydrogens (primary N) is 1. The summed E-state index contributed by atoms with van der Waals surface area (Å²) in [5.41, 5.74) is 6.94. The number of hydrogen-bond acceptors (Lipinski definition) is 7. The van der Waals surface area contributed by atoms with E-state index in [4.69, 9.17) is 10.5 Å². The number of pyridine rings is 2. The highest BCUT2D eigenvalue weighted by molar-refractivity contribution is 5.64. The van der Waals surface area contributed by atoms with E-state index in [1.165, 1.54) is 6.07 Å². The second-order valence-corrected chi connectivity index (χ2v) is 8.57. The van der Waals surface area contributed by atoms with Gasteiger partial charge in [-0.3, -0.25) is 0 Å². The summed E-state index contributed by atoms with van der Waals surface area (Å²) in [7, 11) is 0. The van der Waals surface area contributed by atoms with E-state index >= 15 is 0 Å². The van der Waals surface area contributed by atoms with Crippen LogP contribution in [0.2, 0.25) is 0 Å². The highest BCUT2D eigenvalue weighted by Gasteiger charge is 2.33. The predicted molar refractivity (Wildman–Crippen MR) is 118 cm³/mol. The Morgan fingerprint density at radius 2 is 1.97 bits per heavy atom. The molecule has 2 aromatic rings. The number of anilines is 2. The van der Waals surface area contributed by atoms with Crippen LogP contribution in [0.5, 0.6) is 0 Å². The summed E-state index contributed by atoms with van der Waals surface area (Å²) in [6.07, 6.45) is 7.08. The number of rotatable bonds is 6. The monoisotopic (exact) mass is 424 g/mol.